The van der Waals surface area contributed by atoms with Crippen LogP contribution in [0.4, 0.5) is 0 Å². The Bertz CT molecular complexity index is 234. The van der Waals surface area contributed by atoms with Crippen LogP contribution >= 0.6 is 0 Å². The van der Waals surface area contributed by atoms with Crippen molar-refractivity contribution >= 4 is 5.91 Å². The Hall–Kier alpha value is -0.610. The molecular weight excluding hydrogens is 178 g/mol. The lowest BCUT2D eigenvalue weighted by molar-refractivity contribution is -0.129. The topological polar surface area (TPSA) is 35.6 Å². The van der Waals surface area contributed by atoms with E-state index in [1.165, 1.54) is 0 Å². The molecule has 4 nitrogen and oxygen atoms in total. The zero-order valence-corrected chi connectivity index (χ0v) is 9.05. The molecule has 14 heavy (non-hydrogen) atoms. The van der Waals surface area contributed by atoms with Crippen LogP contribution in [0.2, 0.25) is 0 Å². The number of nitrogens with one attached hydrogen (secondary N) is 1. The number of likely N-dealkylation sites (tertiary alicyclic amines) is 1. The Morgan fingerprint density at radius 2 is 2.07 bits per heavy atom. The van der Waals surface area contributed by atoms with E-state index >= 15 is 0 Å². The molecule has 2 aliphatic heterocycles. The second kappa shape index (κ2) is 3.51. The number of hydrogen-bond acceptors (Lipinski definition) is 3. The first-order valence-electron chi connectivity index (χ1n) is 5.42. The fourth-order valence-electron chi connectivity index (χ4n) is 2.36. The van der Waals surface area contributed by atoms with Crippen LogP contribution in [-0.2, 0) is 4.79 Å². The van der Waals surface area contributed by atoms with E-state index in [1.807, 2.05) is 6.92 Å². The van der Waals surface area contributed by atoms with E-state index in [9.17, 15) is 4.79 Å². The molecule has 2 rings (SSSR count). The summed E-state index contributed by atoms with van der Waals surface area (Å²) >= 11 is 0. The maximum Gasteiger partial charge on any atom is 0.238 e. The number of carbonyl (C=O) groups is 1. The second-order valence-corrected chi connectivity index (χ2v) is 4.51. The second-order valence-electron chi connectivity index (χ2n) is 4.51. The third kappa shape index (κ3) is 1.64. The van der Waals surface area contributed by atoms with Gasteiger partial charge in [0, 0.05) is 18.5 Å². The van der Waals surface area contributed by atoms with Gasteiger partial charge in [0.05, 0.1) is 0 Å². The Balaban J connectivity index is 2.02. The summed E-state index contributed by atoms with van der Waals surface area (Å²) in [7, 11) is 2.14. The van der Waals surface area contributed by atoms with Crippen molar-refractivity contribution in [1.82, 2.24) is 15.3 Å². The number of hydrogen-bond donors (Lipinski definition) is 1. The SMILES string of the molecule is CCN1NC2(CCN(C)CC2)CC1=O. The van der Waals surface area contributed by atoms with Gasteiger partial charge < -0.3 is 4.90 Å². The molecule has 0 aromatic carbocycles. The summed E-state index contributed by atoms with van der Waals surface area (Å²) in [4.78, 5) is 13.9. The van der Waals surface area contributed by atoms with Gasteiger partial charge in [0.25, 0.3) is 0 Å². The number of rotatable bonds is 1. The molecule has 0 aliphatic carbocycles. The molecule has 2 aliphatic rings. The Morgan fingerprint density at radius 3 is 2.57 bits per heavy atom. The van der Waals surface area contributed by atoms with Gasteiger partial charge in [-0.1, -0.05) is 0 Å². The van der Waals surface area contributed by atoms with Crippen LogP contribution in [0.25, 0.3) is 0 Å². The molecule has 0 aromatic rings. The number of amides is 1. The molecule has 1 spiro atoms. The van der Waals surface area contributed by atoms with E-state index in [-0.39, 0.29) is 11.4 Å². The third-order valence-electron chi connectivity index (χ3n) is 3.42. The van der Waals surface area contributed by atoms with Gasteiger partial charge in [-0.15, -0.1) is 0 Å². The van der Waals surface area contributed by atoms with Crippen LogP contribution in [0, 0.1) is 0 Å². The third-order valence-corrected chi connectivity index (χ3v) is 3.42. The average Bonchev–Trinajstić information content (AvgIpc) is 2.49. The van der Waals surface area contributed by atoms with Gasteiger partial charge in [0.15, 0.2) is 0 Å². The van der Waals surface area contributed by atoms with Crippen molar-refractivity contribution in [3.05, 3.63) is 0 Å². The van der Waals surface area contributed by atoms with Gasteiger partial charge in [0.1, 0.15) is 0 Å². The molecule has 2 heterocycles. The highest BCUT2D eigenvalue weighted by molar-refractivity contribution is 5.79. The van der Waals surface area contributed by atoms with Crippen molar-refractivity contribution in [2.45, 2.75) is 31.7 Å². The first-order chi connectivity index (χ1) is 6.65. The van der Waals surface area contributed by atoms with Crippen LogP contribution in [-0.4, -0.2) is 48.0 Å². The van der Waals surface area contributed by atoms with E-state index < -0.39 is 0 Å². The van der Waals surface area contributed by atoms with E-state index in [4.69, 9.17) is 0 Å². The van der Waals surface area contributed by atoms with Crippen LogP contribution in [0.5, 0.6) is 0 Å². The maximum atomic E-state index is 11.6. The summed E-state index contributed by atoms with van der Waals surface area (Å²) in [6, 6.07) is 0. The lowest BCUT2D eigenvalue weighted by atomic mass is 9.86. The Morgan fingerprint density at radius 1 is 1.43 bits per heavy atom. The standard InChI is InChI=1S/C10H19N3O/c1-3-13-9(14)8-10(11-13)4-6-12(2)7-5-10/h11H,3-8H2,1-2H3. The summed E-state index contributed by atoms with van der Waals surface area (Å²) < 4.78 is 0. The summed E-state index contributed by atoms with van der Waals surface area (Å²) in [6.45, 7) is 4.98. The van der Waals surface area contributed by atoms with Gasteiger partial charge in [-0.3, -0.25) is 9.80 Å². The minimum absolute atomic E-state index is 0.0829. The largest absolute Gasteiger partial charge is 0.306 e. The molecule has 1 N–H and O–H groups in total. The van der Waals surface area contributed by atoms with Crippen molar-refractivity contribution < 1.29 is 4.79 Å². The number of carbonyl (C=O) groups excluding carboxylic acids is 1. The normalized spacial score (nSPS) is 27.6. The van der Waals surface area contributed by atoms with E-state index in [1.54, 1.807) is 5.01 Å². The molecule has 0 unspecified atom stereocenters. The van der Waals surface area contributed by atoms with Crippen LogP contribution in [0.15, 0.2) is 0 Å². The monoisotopic (exact) mass is 197 g/mol. The highest BCUT2D eigenvalue weighted by Crippen LogP contribution is 2.30. The highest BCUT2D eigenvalue weighted by Gasteiger charge is 2.43. The zero-order chi connectivity index (χ0) is 10.2. The predicted molar refractivity (Wildman–Crippen MR) is 54.6 cm³/mol. The molecule has 0 bridgehead atoms. The van der Waals surface area contributed by atoms with Crippen molar-refractivity contribution in [2.75, 3.05) is 26.7 Å². The predicted octanol–water partition coefficient (Wildman–Crippen LogP) is 0.208. The molecule has 80 valence electrons. The van der Waals surface area contributed by atoms with Crippen molar-refractivity contribution in [2.24, 2.45) is 0 Å². The van der Waals surface area contributed by atoms with E-state index in [0.29, 0.717) is 6.42 Å². The summed E-state index contributed by atoms with van der Waals surface area (Å²) in [5.41, 5.74) is 3.47. The van der Waals surface area contributed by atoms with Crippen LogP contribution < -0.4 is 5.43 Å². The summed E-state index contributed by atoms with van der Waals surface area (Å²) in [5, 5.41) is 1.77. The number of piperidine rings is 1. The Kier molecular flexibility index (Phi) is 2.49. The molecule has 2 saturated heterocycles. The fraction of sp³-hybridized carbons (Fsp3) is 0.900. The lowest BCUT2D eigenvalue weighted by Crippen LogP contribution is -2.52. The molecule has 0 radical (unpaired) electrons. The molecule has 0 saturated carbocycles. The fourth-order valence-corrected chi connectivity index (χ4v) is 2.36. The zero-order valence-electron chi connectivity index (χ0n) is 9.05. The van der Waals surface area contributed by atoms with Gasteiger partial charge in [-0.05, 0) is 39.9 Å². The van der Waals surface area contributed by atoms with E-state index in [2.05, 4.69) is 17.4 Å². The number of hydrazine groups is 1. The van der Waals surface area contributed by atoms with Crippen molar-refractivity contribution in [1.29, 1.82) is 0 Å². The molecule has 0 atom stereocenters. The van der Waals surface area contributed by atoms with Gasteiger partial charge in [-0.2, -0.15) is 0 Å². The first kappa shape index (κ1) is 9.93. The Labute approximate surface area is 85.2 Å². The minimum Gasteiger partial charge on any atom is -0.306 e. The van der Waals surface area contributed by atoms with Gasteiger partial charge in [-0.25, -0.2) is 5.43 Å². The van der Waals surface area contributed by atoms with Crippen LogP contribution in [0.1, 0.15) is 26.2 Å². The molecule has 4 heteroatoms. The van der Waals surface area contributed by atoms with E-state index in [0.717, 1.165) is 32.5 Å². The molecule has 0 aromatic heterocycles. The smallest absolute Gasteiger partial charge is 0.238 e. The van der Waals surface area contributed by atoms with Crippen LogP contribution in [0.3, 0.4) is 0 Å². The maximum absolute atomic E-state index is 11.6. The van der Waals surface area contributed by atoms with Crippen molar-refractivity contribution in [3.63, 3.8) is 0 Å². The lowest BCUT2D eigenvalue weighted by Gasteiger charge is -2.37. The molecular formula is C10H19N3O. The van der Waals surface area contributed by atoms with Gasteiger partial charge in [0.2, 0.25) is 5.91 Å². The minimum atomic E-state index is 0.0829. The van der Waals surface area contributed by atoms with Gasteiger partial charge >= 0.3 is 0 Å². The van der Waals surface area contributed by atoms with Crippen molar-refractivity contribution in [3.8, 4) is 0 Å². The number of nitrogens with zero attached hydrogens (tertiary/aromatic N) is 2. The highest BCUT2D eigenvalue weighted by atomic mass is 16.2. The quantitative estimate of drug-likeness (QED) is 0.652. The first-order valence-corrected chi connectivity index (χ1v) is 5.42. The molecule has 2 fully saturated rings. The molecule has 1 amide bonds. The summed E-state index contributed by atoms with van der Waals surface area (Å²) in [5.74, 6) is 0.261. The summed E-state index contributed by atoms with van der Waals surface area (Å²) in [6.07, 6.45) is 2.87. The average molecular weight is 197 g/mol.